The molecule has 1 saturated heterocycles. The van der Waals surface area contributed by atoms with E-state index in [9.17, 15) is 4.39 Å². The van der Waals surface area contributed by atoms with Crippen LogP contribution in [-0.4, -0.2) is 31.1 Å². The molecule has 1 fully saturated rings. The maximum absolute atomic E-state index is 12.8. The molecule has 0 spiro atoms. The second-order valence-corrected chi connectivity index (χ2v) is 4.95. The van der Waals surface area contributed by atoms with Gasteiger partial charge in [0.15, 0.2) is 0 Å². The molecule has 0 saturated carbocycles. The molecule has 0 bridgehead atoms. The van der Waals surface area contributed by atoms with Gasteiger partial charge in [0, 0.05) is 12.6 Å². The van der Waals surface area contributed by atoms with Crippen LogP contribution in [-0.2, 0) is 6.54 Å². The molecule has 1 atom stereocenters. The molecule has 1 unspecified atom stereocenters. The predicted molar refractivity (Wildman–Crippen MR) is 68.4 cm³/mol. The third-order valence-electron chi connectivity index (χ3n) is 3.39. The number of halogens is 1. The van der Waals surface area contributed by atoms with Gasteiger partial charge in [-0.15, -0.1) is 0 Å². The van der Waals surface area contributed by atoms with Gasteiger partial charge in [0.05, 0.1) is 0 Å². The first-order valence-electron chi connectivity index (χ1n) is 6.40. The summed E-state index contributed by atoms with van der Waals surface area (Å²) in [6.45, 7) is 3.16. The zero-order chi connectivity index (χ0) is 12.1. The molecule has 2 rings (SSSR count). The third-order valence-corrected chi connectivity index (χ3v) is 3.39. The van der Waals surface area contributed by atoms with E-state index in [-0.39, 0.29) is 5.82 Å². The highest BCUT2D eigenvalue weighted by molar-refractivity contribution is 5.15. The molecule has 2 nitrogen and oxygen atoms in total. The van der Waals surface area contributed by atoms with Crippen molar-refractivity contribution in [1.82, 2.24) is 10.2 Å². The summed E-state index contributed by atoms with van der Waals surface area (Å²) in [6.07, 6.45) is 3.83. The lowest BCUT2D eigenvalue weighted by Crippen LogP contribution is -2.28. The van der Waals surface area contributed by atoms with Gasteiger partial charge >= 0.3 is 0 Å². The van der Waals surface area contributed by atoms with E-state index >= 15 is 0 Å². The smallest absolute Gasteiger partial charge is 0.123 e. The van der Waals surface area contributed by atoms with Gasteiger partial charge < -0.3 is 10.2 Å². The van der Waals surface area contributed by atoms with Crippen LogP contribution in [0.1, 0.15) is 24.8 Å². The van der Waals surface area contributed by atoms with Gasteiger partial charge in [0.2, 0.25) is 0 Å². The first kappa shape index (κ1) is 12.5. The number of nitrogens with zero attached hydrogens (tertiary/aromatic N) is 1. The van der Waals surface area contributed by atoms with Gasteiger partial charge in [-0.2, -0.15) is 0 Å². The van der Waals surface area contributed by atoms with Crippen molar-refractivity contribution in [2.24, 2.45) is 0 Å². The summed E-state index contributed by atoms with van der Waals surface area (Å²) in [5, 5.41) is 3.51. The van der Waals surface area contributed by atoms with Crippen LogP contribution in [0.4, 0.5) is 4.39 Å². The quantitative estimate of drug-likeness (QED) is 0.844. The van der Waals surface area contributed by atoms with Crippen molar-refractivity contribution in [1.29, 1.82) is 0 Å². The second-order valence-electron chi connectivity index (χ2n) is 4.95. The Morgan fingerprint density at radius 1 is 1.35 bits per heavy atom. The van der Waals surface area contributed by atoms with E-state index in [2.05, 4.69) is 17.3 Å². The number of hydrogen-bond donors (Lipinski definition) is 1. The topological polar surface area (TPSA) is 15.3 Å². The van der Waals surface area contributed by atoms with Gasteiger partial charge in [-0.3, -0.25) is 0 Å². The van der Waals surface area contributed by atoms with Crippen molar-refractivity contribution in [2.45, 2.75) is 31.8 Å². The zero-order valence-corrected chi connectivity index (χ0v) is 10.5. The minimum Gasteiger partial charge on any atom is -0.314 e. The SMILES string of the molecule is CN(CCC1CCCN1)Cc1ccc(F)cc1. The molecule has 1 aliphatic heterocycles. The molecule has 1 aromatic carbocycles. The number of hydrogen-bond acceptors (Lipinski definition) is 2. The predicted octanol–water partition coefficient (Wildman–Crippen LogP) is 2.40. The molecule has 0 radical (unpaired) electrons. The summed E-state index contributed by atoms with van der Waals surface area (Å²) in [6, 6.07) is 7.48. The van der Waals surface area contributed by atoms with E-state index in [0.717, 1.165) is 13.1 Å². The zero-order valence-electron chi connectivity index (χ0n) is 10.5. The summed E-state index contributed by atoms with van der Waals surface area (Å²) in [7, 11) is 2.12. The average molecular weight is 236 g/mol. The first-order valence-corrected chi connectivity index (χ1v) is 6.40. The Morgan fingerprint density at radius 3 is 2.76 bits per heavy atom. The Hall–Kier alpha value is -0.930. The molecule has 1 aromatic rings. The lowest BCUT2D eigenvalue weighted by Gasteiger charge is -2.19. The van der Waals surface area contributed by atoms with Gasteiger partial charge in [0.1, 0.15) is 5.82 Å². The van der Waals surface area contributed by atoms with Crippen molar-refractivity contribution in [3.63, 3.8) is 0 Å². The molecule has 0 amide bonds. The summed E-state index contributed by atoms with van der Waals surface area (Å²) >= 11 is 0. The van der Waals surface area contributed by atoms with E-state index in [4.69, 9.17) is 0 Å². The second kappa shape index (κ2) is 6.12. The molecule has 17 heavy (non-hydrogen) atoms. The van der Waals surface area contributed by atoms with Crippen molar-refractivity contribution in [3.8, 4) is 0 Å². The largest absolute Gasteiger partial charge is 0.314 e. The van der Waals surface area contributed by atoms with Crippen molar-refractivity contribution >= 4 is 0 Å². The molecule has 1 N–H and O–H groups in total. The molecule has 1 aliphatic rings. The van der Waals surface area contributed by atoms with E-state index in [0.29, 0.717) is 6.04 Å². The molecule has 3 heteroatoms. The van der Waals surface area contributed by atoms with Crippen LogP contribution in [0, 0.1) is 5.82 Å². The summed E-state index contributed by atoms with van der Waals surface area (Å²) in [4.78, 5) is 2.30. The van der Waals surface area contributed by atoms with Crippen molar-refractivity contribution in [2.75, 3.05) is 20.1 Å². The lowest BCUT2D eigenvalue weighted by atomic mass is 10.1. The van der Waals surface area contributed by atoms with Crippen LogP contribution in [0.3, 0.4) is 0 Å². The van der Waals surface area contributed by atoms with Crippen LogP contribution in [0.15, 0.2) is 24.3 Å². The summed E-state index contributed by atoms with van der Waals surface area (Å²) < 4.78 is 12.8. The summed E-state index contributed by atoms with van der Waals surface area (Å²) in [5.74, 6) is -0.161. The standard InChI is InChI=1S/C14H21FN2/c1-17(10-8-14-3-2-9-16-14)11-12-4-6-13(15)7-5-12/h4-7,14,16H,2-3,8-11H2,1H3. The molecule has 0 aliphatic carbocycles. The Kier molecular flexibility index (Phi) is 4.51. The maximum Gasteiger partial charge on any atom is 0.123 e. The highest BCUT2D eigenvalue weighted by Crippen LogP contribution is 2.10. The van der Waals surface area contributed by atoms with Crippen molar-refractivity contribution < 1.29 is 4.39 Å². The number of nitrogens with one attached hydrogen (secondary N) is 1. The van der Waals surface area contributed by atoms with Gasteiger partial charge in [0.25, 0.3) is 0 Å². The Labute approximate surface area is 103 Å². The van der Waals surface area contributed by atoms with E-state index in [1.807, 2.05) is 12.1 Å². The Bertz CT molecular complexity index is 331. The van der Waals surface area contributed by atoms with E-state index in [1.165, 1.54) is 43.5 Å². The average Bonchev–Trinajstić information content (AvgIpc) is 2.83. The Morgan fingerprint density at radius 2 is 2.12 bits per heavy atom. The minimum absolute atomic E-state index is 0.161. The minimum atomic E-state index is -0.161. The molecular formula is C14H21FN2. The van der Waals surface area contributed by atoms with E-state index in [1.54, 1.807) is 0 Å². The fourth-order valence-corrected chi connectivity index (χ4v) is 2.36. The summed E-state index contributed by atoms with van der Waals surface area (Å²) in [5.41, 5.74) is 1.17. The van der Waals surface area contributed by atoms with Gasteiger partial charge in [-0.1, -0.05) is 12.1 Å². The fraction of sp³-hybridized carbons (Fsp3) is 0.571. The fourth-order valence-electron chi connectivity index (χ4n) is 2.36. The van der Waals surface area contributed by atoms with Crippen LogP contribution < -0.4 is 5.32 Å². The number of benzene rings is 1. The third kappa shape index (κ3) is 4.10. The monoisotopic (exact) mass is 236 g/mol. The highest BCUT2D eigenvalue weighted by Gasteiger charge is 2.14. The molecule has 1 heterocycles. The lowest BCUT2D eigenvalue weighted by molar-refractivity contribution is 0.305. The highest BCUT2D eigenvalue weighted by atomic mass is 19.1. The molecule has 94 valence electrons. The van der Waals surface area contributed by atoms with Crippen molar-refractivity contribution in [3.05, 3.63) is 35.6 Å². The molecule has 0 aromatic heterocycles. The van der Waals surface area contributed by atoms with Crippen LogP contribution in [0.5, 0.6) is 0 Å². The van der Waals surface area contributed by atoms with Crippen LogP contribution in [0.25, 0.3) is 0 Å². The van der Waals surface area contributed by atoms with Gasteiger partial charge in [-0.25, -0.2) is 4.39 Å². The number of rotatable bonds is 5. The van der Waals surface area contributed by atoms with Gasteiger partial charge in [-0.05, 0) is 57.1 Å². The maximum atomic E-state index is 12.8. The molecular weight excluding hydrogens is 215 g/mol. The van der Waals surface area contributed by atoms with Crippen LogP contribution >= 0.6 is 0 Å². The normalized spacial score (nSPS) is 20.1. The first-order chi connectivity index (χ1) is 8.24. The van der Waals surface area contributed by atoms with Crippen LogP contribution in [0.2, 0.25) is 0 Å². The Balaban J connectivity index is 1.72. The van der Waals surface area contributed by atoms with E-state index < -0.39 is 0 Å².